The molecule has 0 saturated heterocycles. The molecule has 5 rings (SSSR count). The van der Waals surface area contributed by atoms with Crippen LogP contribution in [0.15, 0.2) is 64.2 Å². The Labute approximate surface area is 222 Å². The number of thioether (sulfide) groups is 1. The fraction of sp³-hybridized carbons (Fsp3) is 0.154. The van der Waals surface area contributed by atoms with Crippen molar-refractivity contribution < 1.29 is 9.53 Å². The average Bonchev–Trinajstić information content (AvgIpc) is 3.36. The number of nitrogens with one attached hydrogen (secondary N) is 1. The molecule has 0 fully saturated rings. The van der Waals surface area contributed by atoms with Gasteiger partial charge in [-0.2, -0.15) is 15.1 Å². The number of aliphatic imine (C=N–C) groups is 1. The number of ether oxygens (including phenoxy) is 1. The molecule has 2 aromatic carbocycles. The Morgan fingerprint density at radius 2 is 1.89 bits per heavy atom. The standard InChI is InChI=1S/C26H21Cl2N5O2S/c1-14-6-4-5-7-22(14)35-13-23-31-33-24(29)19(25(34)30-26(33)36-23)11-17-10-15(2)32(16(17)3)21-9-8-18(27)12-20(21)28/h4-12,29H,13H2,1-3H3. The van der Waals surface area contributed by atoms with E-state index < -0.39 is 5.91 Å². The van der Waals surface area contributed by atoms with Crippen molar-refractivity contribution >= 4 is 63.0 Å². The number of carbonyl (C=O) groups excluding carboxylic acids is 1. The number of para-hydroxylation sites is 1. The van der Waals surface area contributed by atoms with E-state index >= 15 is 0 Å². The lowest BCUT2D eigenvalue weighted by atomic mass is 10.1. The molecule has 10 heteroatoms. The van der Waals surface area contributed by atoms with E-state index in [1.54, 1.807) is 18.2 Å². The van der Waals surface area contributed by atoms with Gasteiger partial charge in [0.15, 0.2) is 5.84 Å². The van der Waals surface area contributed by atoms with Crippen LogP contribution in [0.2, 0.25) is 10.0 Å². The molecule has 1 N–H and O–H groups in total. The van der Waals surface area contributed by atoms with Crippen LogP contribution in [0.1, 0.15) is 22.5 Å². The van der Waals surface area contributed by atoms with Crippen LogP contribution in [0.3, 0.4) is 0 Å². The van der Waals surface area contributed by atoms with E-state index in [0.29, 0.717) is 20.3 Å². The Morgan fingerprint density at radius 3 is 2.64 bits per heavy atom. The number of halogens is 2. The quantitative estimate of drug-likeness (QED) is 0.381. The van der Waals surface area contributed by atoms with Crippen LogP contribution >= 0.6 is 35.0 Å². The number of nitrogens with zero attached hydrogens (tertiary/aromatic N) is 4. The smallest absolute Gasteiger partial charge is 0.283 e. The first kappa shape index (κ1) is 24.4. The zero-order chi connectivity index (χ0) is 25.6. The molecule has 1 aromatic heterocycles. The summed E-state index contributed by atoms with van der Waals surface area (Å²) in [6, 6.07) is 15.0. The second-order valence-corrected chi connectivity index (χ2v) is 10.2. The van der Waals surface area contributed by atoms with Crippen LogP contribution in [-0.2, 0) is 4.79 Å². The fourth-order valence-electron chi connectivity index (χ4n) is 4.07. The minimum Gasteiger partial charge on any atom is -0.486 e. The molecular weight excluding hydrogens is 517 g/mol. The van der Waals surface area contributed by atoms with Crippen LogP contribution in [0.4, 0.5) is 0 Å². The maximum Gasteiger partial charge on any atom is 0.283 e. The molecule has 0 spiro atoms. The maximum absolute atomic E-state index is 12.9. The summed E-state index contributed by atoms with van der Waals surface area (Å²) in [5.41, 5.74) is 4.53. The van der Waals surface area contributed by atoms with Gasteiger partial charge in [-0.25, -0.2) is 0 Å². The molecule has 7 nitrogen and oxygen atoms in total. The SMILES string of the molecule is Cc1ccccc1OCC1=NN2C(=N)C(=Cc3cc(C)n(-c4ccc(Cl)cc4Cl)c3C)C(=O)N=C2S1. The summed E-state index contributed by atoms with van der Waals surface area (Å²) >= 11 is 13.7. The van der Waals surface area contributed by atoms with E-state index in [1.807, 2.05) is 61.7 Å². The van der Waals surface area contributed by atoms with Crippen LogP contribution < -0.4 is 4.74 Å². The third-order valence-electron chi connectivity index (χ3n) is 5.86. The lowest BCUT2D eigenvalue weighted by Crippen LogP contribution is -2.35. The first-order chi connectivity index (χ1) is 17.2. The summed E-state index contributed by atoms with van der Waals surface area (Å²) in [6.45, 7) is 6.07. The van der Waals surface area contributed by atoms with Crippen LogP contribution in [-0.4, -0.2) is 38.1 Å². The first-order valence-electron chi connectivity index (χ1n) is 11.0. The molecule has 2 aliphatic rings. The van der Waals surface area contributed by atoms with E-state index in [-0.39, 0.29) is 18.0 Å². The number of aromatic nitrogens is 1. The van der Waals surface area contributed by atoms with E-state index in [9.17, 15) is 4.79 Å². The molecule has 1 amide bonds. The van der Waals surface area contributed by atoms with Crippen molar-refractivity contribution in [2.45, 2.75) is 20.8 Å². The van der Waals surface area contributed by atoms with Crippen molar-refractivity contribution in [2.24, 2.45) is 10.1 Å². The van der Waals surface area contributed by atoms with Gasteiger partial charge in [-0.3, -0.25) is 10.2 Å². The average molecular weight is 538 g/mol. The van der Waals surface area contributed by atoms with Gasteiger partial charge in [0.05, 0.1) is 16.3 Å². The van der Waals surface area contributed by atoms with E-state index in [2.05, 4.69) is 10.1 Å². The minimum absolute atomic E-state index is 0.0299. The van der Waals surface area contributed by atoms with E-state index in [0.717, 1.165) is 34.0 Å². The highest BCUT2D eigenvalue weighted by Crippen LogP contribution is 2.32. The van der Waals surface area contributed by atoms with Gasteiger partial charge in [-0.05, 0) is 80.1 Å². The van der Waals surface area contributed by atoms with Crippen molar-refractivity contribution in [3.8, 4) is 11.4 Å². The second-order valence-electron chi connectivity index (χ2n) is 8.33. The summed E-state index contributed by atoms with van der Waals surface area (Å²) in [6.07, 6.45) is 1.68. The van der Waals surface area contributed by atoms with Gasteiger partial charge in [0.2, 0.25) is 5.17 Å². The molecule has 0 saturated carbocycles. The predicted octanol–water partition coefficient (Wildman–Crippen LogP) is 6.41. The topological polar surface area (TPSA) is 83.0 Å². The number of benzene rings is 2. The summed E-state index contributed by atoms with van der Waals surface area (Å²) in [5.74, 6) is 0.248. The summed E-state index contributed by atoms with van der Waals surface area (Å²) in [5, 5.41) is 16.6. The van der Waals surface area contributed by atoms with Gasteiger partial charge in [0.25, 0.3) is 5.91 Å². The molecule has 0 bridgehead atoms. The normalized spacial score (nSPS) is 16.4. The molecule has 3 heterocycles. The molecule has 36 heavy (non-hydrogen) atoms. The van der Waals surface area contributed by atoms with Gasteiger partial charge in [-0.15, -0.1) is 0 Å². The monoisotopic (exact) mass is 537 g/mol. The van der Waals surface area contributed by atoms with Gasteiger partial charge in [-0.1, -0.05) is 41.4 Å². The van der Waals surface area contributed by atoms with Crippen molar-refractivity contribution in [3.63, 3.8) is 0 Å². The molecule has 0 radical (unpaired) electrons. The number of hydrogen-bond donors (Lipinski definition) is 1. The van der Waals surface area contributed by atoms with Gasteiger partial charge in [0, 0.05) is 16.4 Å². The van der Waals surface area contributed by atoms with Crippen molar-refractivity contribution in [1.29, 1.82) is 5.41 Å². The predicted molar refractivity (Wildman–Crippen MR) is 147 cm³/mol. The third kappa shape index (κ3) is 4.48. The third-order valence-corrected chi connectivity index (χ3v) is 7.28. The first-order valence-corrected chi connectivity index (χ1v) is 12.6. The number of fused-ring (bicyclic) bond motifs is 1. The van der Waals surface area contributed by atoms with Gasteiger partial charge < -0.3 is 9.30 Å². The zero-order valence-electron chi connectivity index (χ0n) is 19.7. The second kappa shape index (κ2) is 9.61. The Balaban J connectivity index is 1.42. The molecule has 2 aliphatic heterocycles. The van der Waals surface area contributed by atoms with Crippen LogP contribution in [0, 0.1) is 26.2 Å². The van der Waals surface area contributed by atoms with Gasteiger partial charge >= 0.3 is 0 Å². The molecule has 182 valence electrons. The lowest BCUT2D eigenvalue weighted by molar-refractivity contribution is -0.114. The van der Waals surface area contributed by atoms with Crippen molar-refractivity contribution in [3.05, 3.63) is 86.7 Å². The maximum atomic E-state index is 12.9. The highest BCUT2D eigenvalue weighted by atomic mass is 35.5. The number of aryl methyl sites for hydroxylation is 2. The lowest BCUT2D eigenvalue weighted by Gasteiger charge is -2.20. The molecule has 0 atom stereocenters. The summed E-state index contributed by atoms with van der Waals surface area (Å²) < 4.78 is 7.86. The Kier molecular flexibility index (Phi) is 6.51. The Bertz CT molecular complexity index is 1520. The number of amidine groups is 2. The Morgan fingerprint density at radius 1 is 1.11 bits per heavy atom. The van der Waals surface area contributed by atoms with Crippen LogP contribution in [0.25, 0.3) is 11.8 Å². The fourth-order valence-corrected chi connectivity index (χ4v) is 5.36. The Hall–Kier alpha value is -3.33. The van der Waals surface area contributed by atoms with Crippen LogP contribution in [0.5, 0.6) is 5.75 Å². The number of hydrazone groups is 1. The molecule has 0 unspecified atom stereocenters. The summed E-state index contributed by atoms with van der Waals surface area (Å²) in [4.78, 5) is 17.1. The number of hydrogen-bond acceptors (Lipinski definition) is 5. The van der Waals surface area contributed by atoms with Gasteiger partial charge in [0.1, 0.15) is 17.4 Å². The highest BCUT2D eigenvalue weighted by molar-refractivity contribution is 8.27. The largest absolute Gasteiger partial charge is 0.486 e. The van der Waals surface area contributed by atoms with Crippen molar-refractivity contribution in [1.82, 2.24) is 9.58 Å². The minimum atomic E-state index is -0.482. The molecule has 0 aliphatic carbocycles. The zero-order valence-corrected chi connectivity index (χ0v) is 22.0. The highest BCUT2D eigenvalue weighted by Gasteiger charge is 2.36. The van der Waals surface area contributed by atoms with E-state index in [1.165, 1.54) is 16.8 Å². The summed E-state index contributed by atoms with van der Waals surface area (Å²) in [7, 11) is 0. The number of carbonyl (C=O) groups is 1. The van der Waals surface area contributed by atoms with Crippen molar-refractivity contribution in [2.75, 3.05) is 6.61 Å². The number of amides is 1. The molecular formula is C26H21Cl2N5O2S. The molecule has 3 aromatic rings. The number of rotatable bonds is 5. The van der Waals surface area contributed by atoms with E-state index in [4.69, 9.17) is 33.3 Å².